The van der Waals surface area contributed by atoms with E-state index in [4.69, 9.17) is 0 Å². The van der Waals surface area contributed by atoms with Gasteiger partial charge in [-0.3, -0.25) is 0 Å². The molecule has 3 aromatic rings. The van der Waals surface area contributed by atoms with Gasteiger partial charge >= 0.3 is 68.9 Å². The molecule has 0 bridgehead atoms. The Morgan fingerprint density at radius 3 is 2.50 bits per heavy atom. The second kappa shape index (κ2) is 5.08. The molecule has 0 amide bonds. The van der Waals surface area contributed by atoms with E-state index in [2.05, 4.69) is 4.98 Å². The zero-order chi connectivity index (χ0) is 10.3. The van der Waals surface area contributed by atoms with E-state index in [9.17, 15) is 5.11 Å². The summed E-state index contributed by atoms with van der Waals surface area (Å²) in [4.78, 5) is 4.36. The molecule has 0 aliphatic heterocycles. The first-order valence-electron chi connectivity index (χ1n) is 4.80. The molecule has 3 rings (SSSR count). The largest absolute Gasteiger partial charge is 1.00 e. The minimum Gasteiger partial charge on any atom is -0.871 e. The molecule has 72 valence electrons. The average molecular weight is 327 g/mol. The second-order valence-corrected chi connectivity index (χ2v) is 3.51. The van der Waals surface area contributed by atoms with E-state index in [1.165, 1.54) is 0 Å². The van der Waals surface area contributed by atoms with E-state index < -0.39 is 0 Å². The average Bonchev–Trinajstić information content (AvgIpc) is 2.27. The van der Waals surface area contributed by atoms with Gasteiger partial charge in [-0.05, 0) is 12.1 Å². The van der Waals surface area contributed by atoms with Crippen molar-refractivity contribution in [3.05, 3.63) is 48.5 Å². The molecule has 0 radical (unpaired) electrons. The topological polar surface area (TPSA) is 36.0 Å². The molecular formula is C13H8CsNO. The van der Waals surface area contributed by atoms with Crippen LogP contribution in [0.2, 0.25) is 0 Å². The van der Waals surface area contributed by atoms with Gasteiger partial charge in [-0.1, -0.05) is 42.1 Å². The Hall–Kier alpha value is -0.0381. The predicted molar refractivity (Wildman–Crippen MR) is 58.7 cm³/mol. The molecule has 0 saturated heterocycles. The van der Waals surface area contributed by atoms with E-state index >= 15 is 0 Å². The van der Waals surface area contributed by atoms with Crippen molar-refractivity contribution < 1.29 is 74.0 Å². The van der Waals surface area contributed by atoms with Crippen LogP contribution >= 0.6 is 0 Å². The second-order valence-electron chi connectivity index (χ2n) is 3.51. The Morgan fingerprint density at radius 2 is 1.62 bits per heavy atom. The summed E-state index contributed by atoms with van der Waals surface area (Å²) < 4.78 is 0. The maximum Gasteiger partial charge on any atom is 1.00 e. The number of pyridine rings is 1. The molecule has 0 fully saturated rings. The molecule has 0 N–H and O–H groups in total. The molecule has 0 atom stereocenters. The van der Waals surface area contributed by atoms with Crippen LogP contribution in [0.1, 0.15) is 0 Å². The number of rotatable bonds is 0. The van der Waals surface area contributed by atoms with Crippen LogP contribution in [-0.2, 0) is 0 Å². The fourth-order valence-electron chi connectivity index (χ4n) is 1.77. The van der Waals surface area contributed by atoms with Crippen molar-refractivity contribution in [3.63, 3.8) is 0 Å². The van der Waals surface area contributed by atoms with Crippen molar-refractivity contribution in [1.82, 2.24) is 4.98 Å². The van der Waals surface area contributed by atoms with Gasteiger partial charge in [0.2, 0.25) is 0 Å². The molecule has 0 spiro atoms. The summed E-state index contributed by atoms with van der Waals surface area (Å²) >= 11 is 0. The van der Waals surface area contributed by atoms with Gasteiger partial charge < -0.3 is 5.11 Å². The van der Waals surface area contributed by atoms with Crippen molar-refractivity contribution in [2.24, 2.45) is 0 Å². The van der Waals surface area contributed by atoms with Gasteiger partial charge in [0.1, 0.15) is 0 Å². The molecular weight excluding hydrogens is 319 g/mol. The van der Waals surface area contributed by atoms with Crippen LogP contribution in [0.25, 0.3) is 21.8 Å². The molecule has 2 nitrogen and oxygen atoms in total. The molecule has 0 aliphatic carbocycles. The van der Waals surface area contributed by atoms with Gasteiger partial charge in [-0.15, -0.1) is 0 Å². The van der Waals surface area contributed by atoms with Crippen molar-refractivity contribution >= 4 is 21.8 Å². The molecule has 0 aliphatic rings. The van der Waals surface area contributed by atoms with E-state index in [0.29, 0.717) is 5.52 Å². The molecule has 0 saturated carbocycles. The summed E-state index contributed by atoms with van der Waals surface area (Å²) in [5.74, 6) is -0.0155. The first-order valence-corrected chi connectivity index (χ1v) is 4.80. The maximum absolute atomic E-state index is 11.6. The van der Waals surface area contributed by atoms with Crippen LogP contribution in [0, 0.1) is 0 Å². The SMILES string of the molecule is [Cs+].[O-]c1cccc2cc3ccccc3nc12. The standard InChI is InChI=1S/C13H9NO.Cs/c15-12-7-3-5-10-8-9-4-1-2-6-11(9)14-13(10)12;/h1-8,15H;/q;+1/p-1. The van der Waals surface area contributed by atoms with Crippen LogP contribution < -0.4 is 74.0 Å². The zero-order valence-electron chi connectivity index (χ0n) is 8.97. The Balaban J connectivity index is 0.000000963. The minimum absolute atomic E-state index is 0. The first kappa shape index (κ1) is 12.4. The van der Waals surface area contributed by atoms with Gasteiger partial charge in [0, 0.05) is 10.8 Å². The van der Waals surface area contributed by atoms with Crippen molar-refractivity contribution in [2.75, 3.05) is 0 Å². The van der Waals surface area contributed by atoms with Crippen LogP contribution in [0.5, 0.6) is 5.75 Å². The third kappa shape index (κ3) is 2.16. The maximum atomic E-state index is 11.6. The zero-order valence-corrected chi connectivity index (χ0v) is 15.3. The summed E-state index contributed by atoms with van der Waals surface area (Å²) in [7, 11) is 0. The van der Waals surface area contributed by atoms with Crippen molar-refractivity contribution in [2.45, 2.75) is 0 Å². The Labute approximate surface area is 152 Å². The molecule has 0 unspecified atom stereocenters. The number of para-hydroxylation sites is 2. The van der Waals surface area contributed by atoms with Crippen LogP contribution in [0.3, 0.4) is 0 Å². The smallest absolute Gasteiger partial charge is 0.871 e. The van der Waals surface area contributed by atoms with Gasteiger partial charge in [-0.25, -0.2) is 4.98 Å². The predicted octanol–water partition coefficient (Wildman–Crippen LogP) is -0.534. The summed E-state index contributed by atoms with van der Waals surface area (Å²) in [6.45, 7) is 0. The number of nitrogens with zero attached hydrogens (tertiary/aromatic N) is 1. The fourth-order valence-corrected chi connectivity index (χ4v) is 1.77. The summed E-state index contributed by atoms with van der Waals surface area (Å²) in [6.07, 6.45) is 0. The van der Waals surface area contributed by atoms with Crippen LogP contribution in [-0.4, -0.2) is 4.98 Å². The Bertz CT molecular complexity index is 652. The van der Waals surface area contributed by atoms with E-state index in [1.54, 1.807) is 12.1 Å². The number of fused-ring (bicyclic) bond motifs is 2. The van der Waals surface area contributed by atoms with E-state index in [1.807, 2.05) is 36.4 Å². The molecule has 1 aromatic heterocycles. The molecule has 16 heavy (non-hydrogen) atoms. The number of benzene rings is 2. The molecule has 2 aromatic carbocycles. The third-order valence-corrected chi connectivity index (χ3v) is 2.51. The van der Waals surface area contributed by atoms with E-state index in [-0.39, 0.29) is 74.6 Å². The summed E-state index contributed by atoms with van der Waals surface area (Å²) in [5.41, 5.74) is 1.42. The monoisotopic (exact) mass is 327 g/mol. The quantitative estimate of drug-likeness (QED) is 0.520. The minimum atomic E-state index is -0.0155. The fraction of sp³-hybridized carbons (Fsp3) is 0. The van der Waals surface area contributed by atoms with Crippen molar-refractivity contribution in [3.8, 4) is 5.75 Å². The normalized spacial score (nSPS) is 10.2. The Kier molecular flexibility index (Phi) is 3.94. The third-order valence-electron chi connectivity index (χ3n) is 2.51. The van der Waals surface area contributed by atoms with E-state index in [0.717, 1.165) is 16.3 Å². The summed E-state index contributed by atoms with van der Waals surface area (Å²) in [5, 5.41) is 13.5. The van der Waals surface area contributed by atoms with Crippen molar-refractivity contribution in [1.29, 1.82) is 0 Å². The first-order chi connectivity index (χ1) is 7.34. The van der Waals surface area contributed by atoms with Gasteiger partial charge in [0.25, 0.3) is 0 Å². The van der Waals surface area contributed by atoms with Gasteiger partial charge in [-0.2, -0.15) is 0 Å². The molecule has 1 heterocycles. The number of hydrogen-bond donors (Lipinski definition) is 0. The Morgan fingerprint density at radius 1 is 0.875 bits per heavy atom. The number of hydrogen-bond acceptors (Lipinski definition) is 2. The van der Waals surface area contributed by atoms with Crippen LogP contribution in [0.4, 0.5) is 0 Å². The summed E-state index contributed by atoms with van der Waals surface area (Å²) in [6, 6.07) is 15.0. The van der Waals surface area contributed by atoms with Gasteiger partial charge in [0.15, 0.2) is 0 Å². The van der Waals surface area contributed by atoms with Gasteiger partial charge in [0.05, 0.1) is 11.0 Å². The molecule has 3 heteroatoms. The number of aromatic nitrogens is 1. The van der Waals surface area contributed by atoms with Crippen LogP contribution in [0.15, 0.2) is 48.5 Å².